The normalized spacial score (nSPS) is 11.7. The Morgan fingerprint density at radius 2 is 2.14 bits per heavy atom. The van der Waals surface area contributed by atoms with Crippen LogP contribution in [0.1, 0.15) is 13.8 Å². The fourth-order valence-electron chi connectivity index (χ4n) is 1.04. The lowest BCUT2D eigenvalue weighted by Crippen LogP contribution is -2.18. The predicted molar refractivity (Wildman–Crippen MR) is 54.4 cm³/mol. The van der Waals surface area contributed by atoms with Gasteiger partial charge in [0.05, 0.1) is 5.69 Å². The molecule has 6 heteroatoms. The molecule has 78 valence electrons. The van der Waals surface area contributed by atoms with Gasteiger partial charge in [-0.2, -0.15) is 0 Å². The number of pyridine rings is 1. The second-order valence-electron chi connectivity index (χ2n) is 3.22. The molecule has 0 saturated heterocycles. The zero-order chi connectivity index (χ0) is 10.8. The molecule has 0 fully saturated rings. The van der Waals surface area contributed by atoms with E-state index in [1.54, 1.807) is 6.07 Å². The van der Waals surface area contributed by atoms with E-state index in [9.17, 15) is 8.42 Å². The van der Waals surface area contributed by atoms with E-state index in [-0.39, 0.29) is 10.9 Å². The predicted octanol–water partition coefficient (Wildman–Crippen LogP) is 0.549. The molecule has 0 aliphatic carbocycles. The van der Waals surface area contributed by atoms with Crippen molar-refractivity contribution in [1.82, 2.24) is 4.98 Å². The molecule has 0 atom stereocenters. The summed E-state index contributed by atoms with van der Waals surface area (Å²) in [5.74, 6) is 0. The molecule has 0 radical (unpaired) electrons. The summed E-state index contributed by atoms with van der Waals surface area (Å²) in [5.41, 5.74) is 0.484. The summed E-state index contributed by atoms with van der Waals surface area (Å²) in [4.78, 5) is 3.74. The average molecular weight is 215 g/mol. The first kappa shape index (κ1) is 10.9. The molecule has 0 bridgehead atoms. The van der Waals surface area contributed by atoms with Crippen LogP contribution in [0.2, 0.25) is 0 Å². The molecule has 1 aromatic rings. The Bertz CT molecular complexity index is 414. The Hall–Kier alpha value is -1.14. The molecule has 14 heavy (non-hydrogen) atoms. The third kappa shape index (κ3) is 2.68. The van der Waals surface area contributed by atoms with Crippen LogP contribution in [0, 0.1) is 0 Å². The van der Waals surface area contributed by atoms with Crippen LogP contribution in [0.15, 0.2) is 23.4 Å². The number of nitrogens with one attached hydrogen (secondary N) is 1. The van der Waals surface area contributed by atoms with Crippen molar-refractivity contribution in [3.8, 4) is 0 Å². The molecule has 1 rings (SSSR count). The number of hydrogen-bond acceptors (Lipinski definition) is 4. The second kappa shape index (κ2) is 3.93. The summed E-state index contributed by atoms with van der Waals surface area (Å²) in [6, 6.07) is 1.72. The van der Waals surface area contributed by atoms with E-state index in [0.717, 1.165) is 0 Å². The first-order valence-electron chi connectivity index (χ1n) is 4.14. The number of hydrogen-bond donors (Lipinski definition) is 2. The topological polar surface area (TPSA) is 85.1 Å². The van der Waals surface area contributed by atoms with Gasteiger partial charge in [-0.1, -0.05) is 0 Å². The van der Waals surface area contributed by atoms with Gasteiger partial charge in [0.2, 0.25) is 10.0 Å². The molecule has 0 unspecified atom stereocenters. The van der Waals surface area contributed by atoms with Gasteiger partial charge in [-0.15, -0.1) is 0 Å². The van der Waals surface area contributed by atoms with Crippen molar-refractivity contribution in [1.29, 1.82) is 0 Å². The number of anilines is 1. The number of nitrogens with two attached hydrogens (primary N) is 1. The van der Waals surface area contributed by atoms with E-state index in [0.29, 0.717) is 5.69 Å². The van der Waals surface area contributed by atoms with Crippen molar-refractivity contribution >= 4 is 15.7 Å². The van der Waals surface area contributed by atoms with Gasteiger partial charge < -0.3 is 5.32 Å². The molecule has 0 spiro atoms. The van der Waals surface area contributed by atoms with Crippen LogP contribution in [-0.4, -0.2) is 19.4 Å². The van der Waals surface area contributed by atoms with E-state index in [4.69, 9.17) is 5.14 Å². The van der Waals surface area contributed by atoms with Crippen molar-refractivity contribution in [2.75, 3.05) is 5.32 Å². The summed E-state index contributed by atoms with van der Waals surface area (Å²) in [6.07, 6.45) is 2.75. The Morgan fingerprint density at radius 3 is 2.64 bits per heavy atom. The zero-order valence-corrected chi connectivity index (χ0v) is 8.88. The fraction of sp³-hybridized carbons (Fsp3) is 0.375. The van der Waals surface area contributed by atoms with Crippen LogP contribution in [0.25, 0.3) is 0 Å². The summed E-state index contributed by atoms with van der Waals surface area (Å²) < 4.78 is 22.3. The molecule has 0 saturated carbocycles. The summed E-state index contributed by atoms with van der Waals surface area (Å²) in [6.45, 7) is 3.82. The van der Waals surface area contributed by atoms with Crippen LogP contribution >= 0.6 is 0 Å². The van der Waals surface area contributed by atoms with Crippen molar-refractivity contribution in [2.45, 2.75) is 24.8 Å². The highest BCUT2D eigenvalue weighted by Gasteiger charge is 2.13. The van der Waals surface area contributed by atoms with Gasteiger partial charge in [-0.25, -0.2) is 13.6 Å². The van der Waals surface area contributed by atoms with Crippen LogP contribution in [-0.2, 0) is 10.0 Å². The minimum absolute atomic E-state index is 0.0219. The van der Waals surface area contributed by atoms with Crippen LogP contribution in [0.3, 0.4) is 0 Å². The Balaban J connectivity index is 3.17. The lowest BCUT2D eigenvalue weighted by atomic mass is 10.3. The maximum atomic E-state index is 11.1. The quantitative estimate of drug-likeness (QED) is 0.771. The molecule has 5 nitrogen and oxygen atoms in total. The van der Waals surface area contributed by atoms with Crippen LogP contribution in [0.4, 0.5) is 5.69 Å². The minimum Gasteiger partial charge on any atom is -0.382 e. The maximum Gasteiger partial charge on any atom is 0.241 e. The fourth-order valence-corrected chi connectivity index (χ4v) is 1.68. The van der Waals surface area contributed by atoms with Gasteiger partial charge in [-0.05, 0) is 19.9 Å². The van der Waals surface area contributed by atoms with Gasteiger partial charge in [0, 0.05) is 18.4 Å². The molecule has 0 amide bonds. The maximum absolute atomic E-state index is 11.1. The largest absolute Gasteiger partial charge is 0.382 e. The third-order valence-corrected chi connectivity index (χ3v) is 2.47. The number of nitrogens with zero attached hydrogens (tertiary/aromatic N) is 1. The van der Waals surface area contributed by atoms with Gasteiger partial charge >= 0.3 is 0 Å². The molecule has 0 aliphatic rings. The Kier molecular flexibility index (Phi) is 3.07. The number of sulfonamides is 1. The van der Waals surface area contributed by atoms with Gasteiger partial charge in [0.25, 0.3) is 0 Å². The monoisotopic (exact) mass is 215 g/mol. The Morgan fingerprint density at radius 1 is 1.50 bits per heavy atom. The minimum atomic E-state index is -3.70. The van der Waals surface area contributed by atoms with E-state index >= 15 is 0 Å². The molecular weight excluding hydrogens is 202 g/mol. The highest BCUT2D eigenvalue weighted by Crippen LogP contribution is 2.18. The first-order chi connectivity index (χ1) is 6.41. The van der Waals surface area contributed by atoms with Crippen molar-refractivity contribution in [2.24, 2.45) is 5.14 Å². The Labute approximate surface area is 83.4 Å². The van der Waals surface area contributed by atoms with Crippen LogP contribution in [0.5, 0.6) is 0 Å². The summed E-state index contributed by atoms with van der Waals surface area (Å²) in [7, 11) is -3.70. The molecule has 0 aliphatic heterocycles. The second-order valence-corrected chi connectivity index (χ2v) is 4.75. The van der Waals surface area contributed by atoms with Crippen molar-refractivity contribution in [3.05, 3.63) is 18.5 Å². The number of aromatic nitrogens is 1. The van der Waals surface area contributed by atoms with E-state index < -0.39 is 10.0 Å². The molecule has 1 heterocycles. The van der Waals surface area contributed by atoms with Gasteiger partial charge in [0.15, 0.2) is 0 Å². The van der Waals surface area contributed by atoms with E-state index in [2.05, 4.69) is 10.3 Å². The SMILES string of the molecule is CC(C)Nc1ccncc1S(N)(=O)=O. The lowest BCUT2D eigenvalue weighted by molar-refractivity contribution is 0.597. The highest BCUT2D eigenvalue weighted by molar-refractivity contribution is 7.89. The third-order valence-electron chi connectivity index (χ3n) is 1.54. The summed E-state index contributed by atoms with van der Waals surface area (Å²) in [5, 5.41) is 8.01. The summed E-state index contributed by atoms with van der Waals surface area (Å²) >= 11 is 0. The zero-order valence-electron chi connectivity index (χ0n) is 8.06. The molecule has 0 aromatic carbocycles. The smallest absolute Gasteiger partial charge is 0.241 e. The highest BCUT2D eigenvalue weighted by atomic mass is 32.2. The van der Waals surface area contributed by atoms with E-state index in [1.807, 2.05) is 13.8 Å². The molecule has 3 N–H and O–H groups in total. The van der Waals surface area contributed by atoms with Gasteiger partial charge in [-0.3, -0.25) is 4.98 Å². The first-order valence-corrected chi connectivity index (χ1v) is 5.69. The number of rotatable bonds is 3. The van der Waals surface area contributed by atoms with Gasteiger partial charge in [0.1, 0.15) is 4.90 Å². The molecular formula is C8H13N3O2S. The van der Waals surface area contributed by atoms with Crippen LogP contribution < -0.4 is 10.5 Å². The lowest BCUT2D eigenvalue weighted by Gasteiger charge is -2.12. The van der Waals surface area contributed by atoms with E-state index in [1.165, 1.54) is 12.4 Å². The van der Waals surface area contributed by atoms with Crippen molar-refractivity contribution in [3.63, 3.8) is 0 Å². The average Bonchev–Trinajstić information content (AvgIpc) is 2.01. The standard InChI is InChI=1S/C8H13N3O2S/c1-6(2)11-7-3-4-10-5-8(7)14(9,12)13/h3-6H,1-2H3,(H,10,11)(H2,9,12,13). The molecule has 1 aromatic heterocycles. The number of primary sulfonamides is 1. The van der Waals surface area contributed by atoms with Crippen molar-refractivity contribution < 1.29 is 8.42 Å².